The van der Waals surface area contributed by atoms with Crippen LogP contribution in [0.4, 0.5) is 0 Å². The van der Waals surface area contributed by atoms with Crippen molar-refractivity contribution in [3.05, 3.63) is 11.7 Å². The zero-order valence-corrected chi connectivity index (χ0v) is 13.1. The average Bonchev–Trinajstić information content (AvgIpc) is 2.89. The number of thioether (sulfide) groups is 2. The van der Waals surface area contributed by atoms with E-state index in [2.05, 4.69) is 24.3 Å². The third-order valence-corrected chi connectivity index (χ3v) is 6.96. The summed E-state index contributed by atoms with van der Waals surface area (Å²) in [6, 6.07) is 0.549. The summed E-state index contributed by atoms with van der Waals surface area (Å²) in [5.74, 6) is 4.62. The summed E-state index contributed by atoms with van der Waals surface area (Å²) in [7, 11) is 0. The predicted octanol–water partition coefficient (Wildman–Crippen LogP) is 2.83. The summed E-state index contributed by atoms with van der Waals surface area (Å²) in [6.07, 6.45) is 2.21. The fourth-order valence-electron chi connectivity index (χ4n) is 2.80. The summed E-state index contributed by atoms with van der Waals surface area (Å²) in [4.78, 5) is 4.70. The van der Waals surface area contributed by atoms with Crippen LogP contribution in [0.25, 0.3) is 0 Å². The van der Waals surface area contributed by atoms with Crippen LogP contribution in [-0.4, -0.2) is 39.5 Å². The van der Waals surface area contributed by atoms with Gasteiger partial charge in [0, 0.05) is 28.7 Å². The van der Waals surface area contributed by atoms with Crippen molar-refractivity contribution in [1.82, 2.24) is 15.5 Å². The molecular formula is C13H21N3OS2. The van der Waals surface area contributed by atoms with E-state index in [-0.39, 0.29) is 0 Å². The third kappa shape index (κ3) is 3.11. The molecule has 0 aromatic carbocycles. The molecule has 4 atom stereocenters. The molecule has 4 unspecified atom stereocenters. The van der Waals surface area contributed by atoms with E-state index < -0.39 is 0 Å². The molecule has 0 radical (unpaired) electrons. The highest BCUT2D eigenvalue weighted by molar-refractivity contribution is 8.06. The molecule has 4 nitrogen and oxygen atoms in total. The summed E-state index contributed by atoms with van der Waals surface area (Å²) in [5.41, 5.74) is 0. The Bertz CT molecular complexity index is 426. The number of aromatic nitrogens is 2. The Balaban J connectivity index is 1.71. The molecule has 19 heavy (non-hydrogen) atoms. The second-order valence-corrected chi connectivity index (χ2v) is 8.17. The number of nitrogens with one attached hydrogen (secondary N) is 1. The molecule has 0 amide bonds. The first-order valence-corrected chi connectivity index (χ1v) is 9.14. The lowest BCUT2D eigenvalue weighted by Crippen LogP contribution is -2.35. The normalized spacial score (nSPS) is 36.3. The molecule has 2 aliphatic heterocycles. The molecule has 0 aliphatic carbocycles. The van der Waals surface area contributed by atoms with Gasteiger partial charge in [-0.05, 0) is 26.3 Å². The van der Waals surface area contributed by atoms with Gasteiger partial charge in [0.25, 0.3) is 0 Å². The van der Waals surface area contributed by atoms with Crippen LogP contribution in [0.5, 0.6) is 0 Å². The second-order valence-electron chi connectivity index (χ2n) is 5.43. The molecule has 3 heterocycles. The van der Waals surface area contributed by atoms with Crippen molar-refractivity contribution in [2.45, 2.75) is 49.1 Å². The summed E-state index contributed by atoms with van der Waals surface area (Å²) in [6.45, 7) is 5.54. The topological polar surface area (TPSA) is 51.0 Å². The van der Waals surface area contributed by atoms with Crippen molar-refractivity contribution in [3.63, 3.8) is 0 Å². The van der Waals surface area contributed by atoms with Gasteiger partial charge in [-0.1, -0.05) is 12.1 Å². The van der Waals surface area contributed by atoms with E-state index in [1.165, 1.54) is 11.5 Å². The molecule has 0 saturated carbocycles. The highest BCUT2D eigenvalue weighted by atomic mass is 32.2. The Labute approximate surface area is 122 Å². The molecule has 2 aliphatic rings. The van der Waals surface area contributed by atoms with Crippen LogP contribution < -0.4 is 5.32 Å². The van der Waals surface area contributed by atoms with Gasteiger partial charge >= 0.3 is 0 Å². The highest BCUT2D eigenvalue weighted by Gasteiger charge is 2.31. The number of rotatable bonds is 2. The molecule has 3 rings (SSSR count). The maximum Gasteiger partial charge on any atom is 0.229 e. The lowest BCUT2D eigenvalue weighted by Gasteiger charge is -2.26. The molecule has 2 fully saturated rings. The fraction of sp³-hybridized carbons (Fsp3) is 0.846. The van der Waals surface area contributed by atoms with Crippen LogP contribution >= 0.6 is 23.5 Å². The molecule has 0 spiro atoms. The van der Waals surface area contributed by atoms with Crippen LogP contribution in [0.2, 0.25) is 0 Å². The Kier molecular flexibility index (Phi) is 4.39. The molecule has 0 bridgehead atoms. The Morgan fingerprint density at radius 3 is 2.89 bits per heavy atom. The van der Waals surface area contributed by atoms with E-state index in [9.17, 15) is 0 Å². The van der Waals surface area contributed by atoms with Crippen LogP contribution in [0.3, 0.4) is 0 Å². The minimum Gasteiger partial charge on any atom is -0.339 e. The van der Waals surface area contributed by atoms with Gasteiger partial charge in [-0.15, -0.1) is 11.8 Å². The van der Waals surface area contributed by atoms with E-state index in [0.29, 0.717) is 22.5 Å². The number of hydrogen-bond donors (Lipinski definition) is 1. The number of hydrogen-bond acceptors (Lipinski definition) is 6. The molecule has 6 heteroatoms. The zero-order chi connectivity index (χ0) is 13.2. The Hall–Kier alpha value is -0.200. The predicted molar refractivity (Wildman–Crippen MR) is 80.9 cm³/mol. The molecule has 1 aromatic heterocycles. The standard InChI is InChI=1S/C13H21N3OS2/c1-8-7-10(3-4-14-8)13-15-12(16-17-13)11-9(2)18-5-6-19-11/h8-11,14H,3-7H2,1-2H3. The van der Waals surface area contributed by atoms with Crippen LogP contribution in [0.15, 0.2) is 4.52 Å². The third-order valence-electron chi connectivity index (χ3n) is 3.87. The highest BCUT2D eigenvalue weighted by Crippen LogP contribution is 2.41. The molecule has 106 valence electrons. The quantitative estimate of drug-likeness (QED) is 0.906. The first-order valence-electron chi connectivity index (χ1n) is 7.04. The van der Waals surface area contributed by atoms with Gasteiger partial charge in [0.1, 0.15) is 0 Å². The minimum atomic E-state index is 0.399. The second kappa shape index (κ2) is 6.06. The van der Waals surface area contributed by atoms with E-state index in [1.54, 1.807) is 0 Å². The zero-order valence-electron chi connectivity index (χ0n) is 11.5. The van der Waals surface area contributed by atoms with Gasteiger partial charge in [0.05, 0.1) is 5.25 Å². The van der Waals surface area contributed by atoms with Crippen LogP contribution in [-0.2, 0) is 0 Å². The van der Waals surface area contributed by atoms with E-state index in [0.717, 1.165) is 31.1 Å². The van der Waals surface area contributed by atoms with Crippen molar-refractivity contribution < 1.29 is 4.52 Å². The fourth-order valence-corrected chi connectivity index (χ4v) is 5.48. The maximum atomic E-state index is 5.54. The van der Waals surface area contributed by atoms with Crippen molar-refractivity contribution in [3.8, 4) is 0 Å². The minimum absolute atomic E-state index is 0.399. The van der Waals surface area contributed by atoms with E-state index >= 15 is 0 Å². The molecule has 2 saturated heterocycles. The van der Waals surface area contributed by atoms with Gasteiger partial charge in [0.2, 0.25) is 5.89 Å². The smallest absolute Gasteiger partial charge is 0.229 e. The van der Waals surface area contributed by atoms with Gasteiger partial charge in [-0.2, -0.15) is 16.7 Å². The number of piperidine rings is 1. The van der Waals surface area contributed by atoms with E-state index in [4.69, 9.17) is 9.51 Å². The van der Waals surface area contributed by atoms with E-state index in [1.807, 2.05) is 23.5 Å². The first-order chi connectivity index (χ1) is 9.24. The van der Waals surface area contributed by atoms with Crippen molar-refractivity contribution in [1.29, 1.82) is 0 Å². The summed E-state index contributed by atoms with van der Waals surface area (Å²) >= 11 is 3.98. The summed E-state index contributed by atoms with van der Waals surface area (Å²) in [5, 5.41) is 8.69. The maximum absolute atomic E-state index is 5.54. The lowest BCUT2D eigenvalue weighted by molar-refractivity contribution is 0.294. The van der Waals surface area contributed by atoms with Gasteiger partial charge in [-0.3, -0.25) is 0 Å². The molecule has 1 N–H and O–H groups in total. The molecule has 1 aromatic rings. The van der Waals surface area contributed by atoms with Crippen molar-refractivity contribution in [2.24, 2.45) is 0 Å². The van der Waals surface area contributed by atoms with Gasteiger partial charge in [-0.25, -0.2) is 0 Å². The van der Waals surface area contributed by atoms with Crippen molar-refractivity contribution in [2.75, 3.05) is 18.1 Å². The average molecular weight is 299 g/mol. The van der Waals surface area contributed by atoms with Gasteiger partial charge < -0.3 is 9.84 Å². The molecular weight excluding hydrogens is 278 g/mol. The largest absolute Gasteiger partial charge is 0.339 e. The van der Waals surface area contributed by atoms with Crippen LogP contribution in [0, 0.1) is 0 Å². The van der Waals surface area contributed by atoms with Gasteiger partial charge in [0.15, 0.2) is 5.82 Å². The monoisotopic (exact) mass is 299 g/mol. The Morgan fingerprint density at radius 1 is 1.26 bits per heavy atom. The first kappa shape index (κ1) is 13.8. The van der Waals surface area contributed by atoms with Crippen molar-refractivity contribution >= 4 is 23.5 Å². The number of nitrogens with zero attached hydrogens (tertiary/aromatic N) is 2. The SMILES string of the molecule is CC1CC(c2nc(C3SCCSC3C)no2)CCN1. The Morgan fingerprint density at radius 2 is 2.11 bits per heavy atom. The summed E-state index contributed by atoms with van der Waals surface area (Å²) < 4.78 is 5.54. The van der Waals surface area contributed by atoms with Crippen LogP contribution in [0.1, 0.15) is 49.6 Å². The lowest BCUT2D eigenvalue weighted by atomic mass is 9.93.